The van der Waals surface area contributed by atoms with Gasteiger partial charge in [-0.25, -0.2) is 4.98 Å². The zero-order chi connectivity index (χ0) is 17.3. The van der Waals surface area contributed by atoms with E-state index >= 15 is 0 Å². The Bertz CT molecular complexity index is 961. The zero-order valence-corrected chi connectivity index (χ0v) is 14.6. The lowest BCUT2D eigenvalue weighted by Crippen LogP contribution is -2.25. The molecule has 24 heavy (non-hydrogen) atoms. The number of carbonyl (C=O) groups is 1. The largest absolute Gasteiger partial charge is 0.465 e. The Hall–Kier alpha value is -2.28. The van der Waals surface area contributed by atoms with E-state index in [1.54, 1.807) is 18.4 Å². The molecule has 0 aliphatic rings. The molecule has 0 saturated carbocycles. The number of para-hydroxylation sites is 1. The molecule has 2 heterocycles. The molecule has 3 rings (SSSR count). The number of nitrogens with one attached hydrogen (secondary N) is 1. The van der Waals surface area contributed by atoms with E-state index in [4.69, 9.17) is 4.74 Å². The van der Waals surface area contributed by atoms with Crippen molar-refractivity contribution in [3.8, 4) is 0 Å². The molecule has 126 valence electrons. The minimum absolute atomic E-state index is 0.128. The first-order valence-corrected chi connectivity index (χ1v) is 8.79. The van der Waals surface area contributed by atoms with Crippen molar-refractivity contribution in [2.24, 2.45) is 0 Å². The topological polar surface area (TPSA) is 77.0 Å². The van der Waals surface area contributed by atoms with Crippen molar-refractivity contribution in [2.75, 3.05) is 6.61 Å². The molecule has 1 aromatic carbocycles. The summed E-state index contributed by atoms with van der Waals surface area (Å²) in [7, 11) is 0. The molecule has 0 amide bonds. The fourth-order valence-corrected chi connectivity index (χ4v) is 3.57. The Labute approximate surface area is 143 Å². The van der Waals surface area contributed by atoms with Gasteiger partial charge in [0, 0.05) is 17.4 Å². The molecule has 0 bridgehead atoms. The predicted molar refractivity (Wildman–Crippen MR) is 95.5 cm³/mol. The van der Waals surface area contributed by atoms with E-state index in [1.165, 1.54) is 11.8 Å². The average Bonchev–Trinajstić information content (AvgIpc) is 2.94. The number of benzene rings is 1. The van der Waals surface area contributed by atoms with E-state index in [2.05, 4.69) is 9.97 Å². The monoisotopic (exact) mass is 345 g/mol. The Kier molecular flexibility index (Phi) is 4.62. The molecule has 0 fully saturated rings. The smallest absolute Gasteiger partial charge is 0.319 e. The molecule has 1 unspecified atom stereocenters. The second-order valence-corrected chi connectivity index (χ2v) is 6.66. The Morgan fingerprint density at radius 1 is 1.38 bits per heavy atom. The first-order chi connectivity index (χ1) is 11.6. The van der Waals surface area contributed by atoms with Crippen LogP contribution in [-0.2, 0) is 16.1 Å². The predicted octanol–water partition coefficient (Wildman–Crippen LogP) is 2.94. The van der Waals surface area contributed by atoms with Gasteiger partial charge in [0.1, 0.15) is 16.3 Å². The molecule has 1 N–H and O–H groups in total. The quantitative estimate of drug-likeness (QED) is 0.437. The summed E-state index contributed by atoms with van der Waals surface area (Å²) in [4.78, 5) is 32.5. The van der Waals surface area contributed by atoms with Gasteiger partial charge in [0.05, 0.1) is 6.61 Å². The molecule has 7 heteroatoms. The maximum atomic E-state index is 12.8. The van der Waals surface area contributed by atoms with Crippen LogP contribution < -0.4 is 5.56 Å². The summed E-state index contributed by atoms with van der Waals surface area (Å²) in [5.74, 6) is -0.307. The summed E-state index contributed by atoms with van der Waals surface area (Å²) < 4.78 is 6.62. The molecular weight excluding hydrogens is 326 g/mol. The van der Waals surface area contributed by atoms with E-state index < -0.39 is 5.25 Å². The van der Waals surface area contributed by atoms with Crippen LogP contribution in [0.5, 0.6) is 0 Å². The SMILES string of the molecule is CCOC(=O)C(C)Sc1nc2c([nH]c3ccccc32)c(=O)n1CC. The van der Waals surface area contributed by atoms with Crippen LogP contribution in [0.15, 0.2) is 34.2 Å². The van der Waals surface area contributed by atoms with Gasteiger partial charge in [-0.3, -0.25) is 14.2 Å². The summed E-state index contributed by atoms with van der Waals surface area (Å²) in [5, 5.41) is 0.996. The summed E-state index contributed by atoms with van der Waals surface area (Å²) in [5.41, 5.74) is 1.88. The Morgan fingerprint density at radius 2 is 2.12 bits per heavy atom. The van der Waals surface area contributed by atoms with Crippen molar-refractivity contribution in [1.82, 2.24) is 14.5 Å². The summed E-state index contributed by atoms with van der Waals surface area (Å²) in [6, 6.07) is 7.67. The number of rotatable bonds is 5. The van der Waals surface area contributed by atoms with Gasteiger partial charge in [0.2, 0.25) is 0 Å². The molecule has 0 aliphatic heterocycles. The highest BCUT2D eigenvalue weighted by atomic mass is 32.2. The summed E-state index contributed by atoms with van der Waals surface area (Å²) >= 11 is 1.25. The third-order valence-corrected chi connectivity index (χ3v) is 4.86. The number of fused-ring (bicyclic) bond motifs is 3. The zero-order valence-electron chi connectivity index (χ0n) is 13.8. The van der Waals surface area contributed by atoms with Crippen LogP contribution >= 0.6 is 11.8 Å². The minimum atomic E-state index is -0.433. The second kappa shape index (κ2) is 6.68. The fourth-order valence-electron chi connectivity index (χ4n) is 2.61. The maximum Gasteiger partial charge on any atom is 0.319 e. The van der Waals surface area contributed by atoms with Gasteiger partial charge < -0.3 is 9.72 Å². The third-order valence-electron chi connectivity index (χ3n) is 3.79. The number of aromatic amines is 1. The highest BCUT2D eigenvalue weighted by Gasteiger charge is 2.21. The van der Waals surface area contributed by atoms with Crippen LogP contribution in [0.2, 0.25) is 0 Å². The summed E-state index contributed by atoms with van der Waals surface area (Å²) in [6.07, 6.45) is 0. The molecule has 1 atom stereocenters. The van der Waals surface area contributed by atoms with Crippen LogP contribution in [0.25, 0.3) is 21.9 Å². The van der Waals surface area contributed by atoms with E-state index in [-0.39, 0.29) is 11.5 Å². The first-order valence-electron chi connectivity index (χ1n) is 7.91. The number of carbonyl (C=O) groups excluding carboxylic acids is 1. The molecule has 0 spiro atoms. The Morgan fingerprint density at radius 3 is 2.83 bits per heavy atom. The van der Waals surface area contributed by atoms with Gasteiger partial charge >= 0.3 is 5.97 Å². The van der Waals surface area contributed by atoms with Crippen molar-refractivity contribution in [3.63, 3.8) is 0 Å². The van der Waals surface area contributed by atoms with Crippen molar-refractivity contribution in [3.05, 3.63) is 34.6 Å². The van der Waals surface area contributed by atoms with Gasteiger partial charge in [-0.2, -0.15) is 0 Å². The first kappa shape index (κ1) is 16.6. The number of nitrogens with zero attached hydrogens (tertiary/aromatic N) is 2. The minimum Gasteiger partial charge on any atom is -0.465 e. The van der Waals surface area contributed by atoms with Crippen LogP contribution in [-0.4, -0.2) is 32.4 Å². The molecule has 6 nitrogen and oxygen atoms in total. The van der Waals surface area contributed by atoms with Gasteiger partial charge in [-0.15, -0.1) is 0 Å². The Balaban J connectivity index is 2.14. The molecule has 0 aliphatic carbocycles. The van der Waals surface area contributed by atoms with Crippen LogP contribution in [0, 0.1) is 0 Å². The van der Waals surface area contributed by atoms with Crippen LogP contribution in [0.1, 0.15) is 20.8 Å². The van der Waals surface area contributed by atoms with Crippen molar-refractivity contribution >= 4 is 39.7 Å². The van der Waals surface area contributed by atoms with Crippen molar-refractivity contribution < 1.29 is 9.53 Å². The maximum absolute atomic E-state index is 12.8. The van der Waals surface area contributed by atoms with E-state index in [0.29, 0.717) is 29.3 Å². The number of ether oxygens (including phenoxy) is 1. The fraction of sp³-hybridized carbons (Fsp3) is 0.353. The third kappa shape index (κ3) is 2.80. The second-order valence-electron chi connectivity index (χ2n) is 5.35. The average molecular weight is 345 g/mol. The highest BCUT2D eigenvalue weighted by molar-refractivity contribution is 8.00. The lowest BCUT2D eigenvalue weighted by Gasteiger charge is -2.13. The van der Waals surface area contributed by atoms with Gasteiger partial charge in [0.15, 0.2) is 5.16 Å². The van der Waals surface area contributed by atoms with Crippen molar-refractivity contribution in [2.45, 2.75) is 37.7 Å². The standard InChI is InChI=1S/C17H19N3O3S/c1-4-20-15(21)14-13(11-8-6-7-9-12(11)18-14)19-17(20)24-10(3)16(22)23-5-2/h6-10,18H,4-5H2,1-3H3. The van der Waals surface area contributed by atoms with Crippen molar-refractivity contribution in [1.29, 1.82) is 0 Å². The lowest BCUT2D eigenvalue weighted by molar-refractivity contribution is -0.142. The number of hydrogen-bond acceptors (Lipinski definition) is 5. The van der Waals surface area contributed by atoms with Crippen LogP contribution in [0.4, 0.5) is 0 Å². The van der Waals surface area contributed by atoms with Gasteiger partial charge in [0.25, 0.3) is 5.56 Å². The van der Waals surface area contributed by atoms with Gasteiger partial charge in [-0.1, -0.05) is 30.0 Å². The number of aromatic nitrogens is 3. The van der Waals surface area contributed by atoms with Crippen LogP contribution in [0.3, 0.4) is 0 Å². The number of esters is 1. The number of hydrogen-bond donors (Lipinski definition) is 1. The number of thioether (sulfide) groups is 1. The molecule has 0 radical (unpaired) electrons. The van der Waals surface area contributed by atoms with E-state index in [1.807, 2.05) is 31.2 Å². The van der Waals surface area contributed by atoms with E-state index in [9.17, 15) is 9.59 Å². The lowest BCUT2D eigenvalue weighted by atomic mass is 10.2. The highest BCUT2D eigenvalue weighted by Crippen LogP contribution is 2.26. The summed E-state index contributed by atoms with van der Waals surface area (Å²) in [6.45, 7) is 6.23. The normalized spacial score (nSPS) is 12.6. The van der Waals surface area contributed by atoms with Gasteiger partial charge in [-0.05, 0) is 26.8 Å². The van der Waals surface area contributed by atoms with E-state index in [0.717, 1.165) is 10.9 Å². The molecule has 2 aromatic heterocycles. The molecule has 0 saturated heterocycles. The number of H-pyrrole nitrogens is 1. The molecular formula is C17H19N3O3S. The molecule has 3 aromatic rings.